The van der Waals surface area contributed by atoms with Crippen molar-refractivity contribution in [2.75, 3.05) is 6.61 Å². The van der Waals surface area contributed by atoms with Crippen molar-refractivity contribution in [1.29, 1.82) is 0 Å². The molecule has 1 atom stereocenters. The van der Waals surface area contributed by atoms with Crippen molar-refractivity contribution in [3.05, 3.63) is 29.8 Å². The molecular formula is C14H19NO4. The van der Waals surface area contributed by atoms with Crippen LogP contribution in [0.25, 0.3) is 0 Å². The monoisotopic (exact) mass is 265 g/mol. The Bertz CT molecular complexity index is 445. The molecule has 5 nitrogen and oxygen atoms in total. The van der Waals surface area contributed by atoms with Gasteiger partial charge in [0.15, 0.2) is 6.61 Å². The van der Waals surface area contributed by atoms with Crippen LogP contribution in [0.2, 0.25) is 0 Å². The van der Waals surface area contributed by atoms with Crippen molar-refractivity contribution in [1.82, 2.24) is 5.32 Å². The van der Waals surface area contributed by atoms with Crippen LogP contribution in [0, 0.1) is 0 Å². The van der Waals surface area contributed by atoms with Gasteiger partial charge >= 0.3 is 5.97 Å². The lowest BCUT2D eigenvalue weighted by atomic mass is 10.2. The summed E-state index contributed by atoms with van der Waals surface area (Å²) < 4.78 is 4.84. The van der Waals surface area contributed by atoms with E-state index < -0.39 is 5.97 Å². The molecule has 1 amide bonds. The average molecular weight is 265 g/mol. The minimum atomic E-state index is -0.712. The van der Waals surface area contributed by atoms with Gasteiger partial charge in [-0.1, -0.05) is 25.5 Å². The summed E-state index contributed by atoms with van der Waals surface area (Å²) in [7, 11) is 0. The summed E-state index contributed by atoms with van der Waals surface area (Å²) in [5.74, 6) is -1.21. The van der Waals surface area contributed by atoms with E-state index in [4.69, 9.17) is 4.74 Å². The Kier molecular flexibility index (Phi) is 5.85. The number of esters is 1. The zero-order valence-electron chi connectivity index (χ0n) is 11.2. The van der Waals surface area contributed by atoms with Crippen molar-refractivity contribution in [2.45, 2.75) is 32.7 Å². The minimum absolute atomic E-state index is 0.0527. The number of carbonyl (C=O) groups is 2. The molecule has 1 rings (SSSR count). The summed E-state index contributed by atoms with van der Waals surface area (Å²) >= 11 is 0. The Hall–Kier alpha value is -2.04. The van der Waals surface area contributed by atoms with Crippen LogP contribution in [0.3, 0.4) is 0 Å². The third-order valence-electron chi connectivity index (χ3n) is 2.59. The maximum absolute atomic E-state index is 11.6. The number of ether oxygens (including phenoxy) is 1. The highest BCUT2D eigenvalue weighted by Gasteiger charge is 2.14. The second-order valence-electron chi connectivity index (χ2n) is 4.35. The van der Waals surface area contributed by atoms with Crippen LogP contribution >= 0.6 is 0 Å². The number of amides is 1. The standard InChI is InChI=1S/C14H19NO4/c1-3-6-10(2)15-13(17)9-19-14(18)11-7-4-5-8-12(11)16/h4-5,7-8,10,16H,3,6,9H2,1-2H3,(H,15,17). The van der Waals surface area contributed by atoms with Crippen LogP contribution in [-0.2, 0) is 9.53 Å². The maximum atomic E-state index is 11.6. The third-order valence-corrected chi connectivity index (χ3v) is 2.59. The fourth-order valence-electron chi connectivity index (χ4n) is 1.68. The predicted octanol–water partition coefficient (Wildman–Crippen LogP) is 1.85. The molecule has 0 radical (unpaired) electrons. The number of phenolic OH excluding ortho intramolecular Hbond substituents is 1. The summed E-state index contributed by atoms with van der Waals surface area (Å²) in [6, 6.07) is 6.10. The van der Waals surface area contributed by atoms with E-state index in [1.165, 1.54) is 12.1 Å². The Labute approximate surface area is 112 Å². The Morgan fingerprint density at radius 3 is 2.68 bits per heavy atom. The Morgan fingerprint density at radius 2 is 2.05 bits per heavy atom. The molecule has 0 aliphatic carbocycles. The molecule has 104 valence electrons. The van der Waals surface area contributed by atoms with Crippen molar-refractivity contribution < 1.29 is 19.4 Å². The number of hydrogen-bond donors (Lipinski definition) is 2. The number of benzene rings is 1. The van der Waals surface area contributed by atoms with Crippen molar-refractivity contribution in [2.24, 2.45) is 0 Å². The fourth-order valence-corrected chi connectivity index (χ4v) is 1.68. The molecule has 0 aliphatic rings. The summed E-state index contributed by atoms with van der Waals surface area (Å²) in [4.78, 5) is 23.1. The SMILES string of the molecule is CCCC(C)NC(=O)COC(=O)c1ccccc1O. The first kappa shape index (κ1) is 15.0. The molecule has 0 aromatic heterocycles. The quantitative estimate of drug-likeness (QED) is 0.770. The second-order valence-corrected chi connectivity index (χ2v) is 4.35. The average Bonchev–Trinajstić information content (AvgIpc) is 2.36. The van der Waals surface area contributed by atoms with Gasteiger partial charge in [0.25, 0.3) is 5.91 Å². The maximum Gasteiger partial charge on any atom is 0.342 e. The molecule has 1 unspecified atom stereocenters. The van der Waals surface area contributed by atoms with E-state index in [0.717, 1.165) is 12.8 Å². The molecule has 0 bridgehead atoms. The molecule has 1 aromatic rings. The highest BCUT2D eigenvalue weighted by molar-refractivity contribution is 5.93. The summed E-state index contributed by atoms with van der Waals surface area (Å²) in [5.41, 5.74) is 0.0527. The number of hydrogen-bond acceptors (Lipinski definition) is 4. The van der Waals surface area contributed by atoms with Gasteiger partial charge in [0.1, 0.15) is 11.3 Å². The normalized spacial score (nSPS) is 11.7. The first-order chi connectivity index (χ1) is 9.04. The zero-order chi connectivity index (χ0) is 14.3. The van der Waals surface area contributed by atoms with Gasteiger partial charge in [0, 0.05) is 6.04 Å². The lowest BCUT2D eigenvalue weighted by Gasteiger charge is -2.12. The van der Waals surface area contributed by atoms with Crippen molar-refractivity contribution in [3.8, 4) is 5.75 Å². The number of rotatable bonds is 6. The summed E-state index contributed by atoms with van der Waals surface area (Å²) in [6.45, 7) is 3.58. The molecule has 19 heavy (non-hydrogen) atoms. The van der Waals surface area contributed by atoms with Gasteiger partial charge in [-0.05, 0) is 25.5 Å². The number of para-hydroxylation sites is 1. The van der Waals surface area contributed by atoms with Crippen LogP contribution in [-0.4, -0.2) is 29.6 Å². The van der Waals surface area contributed by atoms with E-state index in [1.54, 1.807) is 12.1 Å². The fraction of sp³-hybridized carbons (Fsp3) is 0.429. The van der Waals surface area contributed by atoms with E-state index >= 15 is 0 Å². The molecule has 1 aromatic carbocycles. The van der Waals surface area contributed by atoms with Crippen LogP contribution < -0.4 is 5.32 Å². The van der Waals surface area contributed by atoms with E-state index in [0.29, 0.717) is 0 Å². The van der Waals surface area contributed by atoms with Gasteiger partial charge in [-0.3, -0.25) is 4.79 Å². The minimum Gasteiger partial charge on any atom is -0.507 e. The zero-order valence-corrected chi connectivity index (χ0v) is 11.2. The van der Waals surface area contributed by atoms with E-state index in [9.17, 15) is 14.7 Å². The molecule has 0 saturated heterocycles. The first-order valence-corrected chi connectivity index (χ1v) is 6.29. The van der Waals surface area contributed by atoms with Gasteiger partial charge in [-0.15, -0.1) is 0 Å². The van der Waals surface area contributed by atoms with Crippen LogP contribution in [0.15, 0.2) is 24.3 Å². The lowest BCUT2D eigenvalue weighted by Crippen LogP contribution is -2.35. The molecule has 0 heterocycles. The largest absolute Gasteiger partial charge is 0.507 e. The second kappa shape index (κ2) is 7.41. The number of aromatic hydroxyl groups is 1. The number of nitrogens with one attached hydrogen (secondary N) is 1. The molecule has 5 heteroatoms. The van der Waals surface area contributed by atoms with E-state index in [2.05, 4.69) is 5.32 Å². The topological polar surface area (TPSA) is 75.6 Å². The Balaban J connectivity index is 2.42. The smallest absolute Gasteiger partial charge is 0.342 e. The van der Waals surface area contributed by atoms with Gasteiger partial charge in [0.2, 0.25) is 0 Å². The summed E-state index contributed by atoms with van der Waals surface area (Å²) in [6.07, 6.45) is 1.85. The van der Waals surface area contributed by atoms with E-state index in [1.807, 2.05) is 13.8 Å². The third kappa shape index (κ3) is 4.99. The van der Waals surface area contributed by atoms with E-state index in [-0.39, 0.29) is 29.9 Å². The van der Waals surface area contributed by atoms with Gasteiger partial charge < -0.3 is 15.2 Å². The first-order valence-electron chi connectivity index (χ1n) is 6.29. The molecule has 2 N–H and O–H groups in total. The molecule has 0 aliphatic heterocycles. The van der Waals surface area contributed by atoms with Crippen LogP contribution in [0.4, 0.5) is 0 Å². The predicted molar refractivity (Wildman–Crippen MR) is 70.9 cm³/mol. The molecule has 0 saturated carbocycles. The van der Waals surface area contributed by atoms with Crippen molar-refractivity contribution in [3.63, 3.8) is 0 Å². The number of carbonyl (C=O) groups excluding carboxylic acids is 2. The Morgan fingerprint density at radius 1 is 1.37 bits per heavy atom. The van der Waals surface area contributed by atoms with Gasteiger partial charge in [0.05, 0.1) is 0 Å². The summed E-state index contributed by atoms with van der Waals surface area (Å²) in [5, 5.41) is 12.2. The molecule has 0 fully saturated rings. The van der Waals surface area contributed by atoms with Gasteiger partial charge in [-0.25, -0.2) is 4.79 Å². The highest BCUT2D eigenvalue weighted by atomic mass is 16.5. The van der Waals surface area contributed by atoms with Crippen LogP contribution in [0.5, 0.6) is 5.75 Å². The highest BCUT2D eigenvalue weighted by Crippen LogP contribution is 2.16. The van der Waals surface area contributed by atoms with Crippen LogP contribution in [0.1, 0.15) is 37.0 Å². The molecular weight excluding hydrogens is 246 g/mol. The molecule has 0 spiro atoms. The van der Waals surface area contributed by atoms with Crippen molar-refractivity contribution >= 4 is 11.9 Å². The van der Waals surface area contributed by atoms with Gasteiger partial charge in [-0.2, -0.15) is 0 Å². The number of phenols is 1. The lowest BCUT2D eigenvalue weighted by molar-refractivity contribution is -0.124.